The van der Waals surface area contributed by atoms with E-state index in [9.17, 15) is 9.59 Å². The van der Waals surface area contributed by atoms with Crippen molar-refractivity contribution in [1.82, 2.24) is 4.90 Å². The lowest BCUT2D eigenvalue weighted by molar-refractivity contribution is -0.147. The first-order valence-electron chi connectivity index (χ1n) is 4.53. The summed E-state index contributed by atoms with van der Waals surface area (Å²) >= 11 is 0. The van der Waals surface area contributed by atoms with Crippen LogP contribution in [0.1, 0.15) is 12.8 Å². The number of amides is 2. The molecular formula is C8H15N3O3. The third kappa shape index (κ3) is 2.21. The zero-order valence-electron chi connectivity index (χ0n) is 7.85. The molecule has 0 radical (unpaired) electrons. The molecule has 1 saturated heterocycles. The van der Waals surface area contributed by atoms with E-state index in [1.54, 1.807) is 0 Å². The maximum atomic E-state index is 11.4. The highest BCUT2D eigenvalue weighted by Gasteiger charge is 2.36. The maximum Gasteiger partial charge on any atom is 0.240 e. The predicted molar refractivity (Wildman–Crippen MR) is 49.0 cm³/mol. The van der Waals surface area contributed by atoms with E-state index < -0.39 is 18.1 Å². The molecule has 1 heterocycles. The number of carbonyl (C=O) groups is 2. The summed E-state index contributed by atoms with van der Waals surface area (Å²) in [6.07, 6.45) is -0.267. The minimum Gasteiger partial charge on any atom is -0.391 e. The molecule has 2 unspecified atom stereocenters. The van der Waals surface area contributed by atoms with E-state index in [-0.39, 0.29) is 18.9 Å². The summed E-state index contributed by atoms with van der Waals surface area (Å²) in [4.78, 5) is 23.6. The number of primary amides is 1. The van der Waals surface area contributed by atoms with Crippen molar-refractivity contribution in [2.24, 2.45) is 11.5 Å². The predicted octanol–water partition coefficient (Wildman–Crippen LogP) is -2.22. The van der Waals surface area contributed by atoms with Gasteiger partial charge in [0.05, 0.1) is 12.5 Å². The smallest absolute Gasteiger partial charge is 0.240 e. The van der Waals surface area contributed by atoms with Crippen LogP contribution >= 0.6 is 0 Å². The van der Waals surface area contributed by atoms with E-state index in [1.807, 2.05) is 0 Å². The molecule has 80 valence electrons. The first-order valence-corrected chi connectivity index (χ1v) is 4.53. The lowest BCUT2D eigenvalue weighted by Crippen LogP contribution is -2.57. The molecule has 1 aliphatic rings. The van der Waals surface area contributed by atoms with Gasteiger partial charge in [-0.3, -0.25) is 9.59 Å². The number of aliphatic hydroxyl groups is 1. The van der Waals surface area contributed by atoms with Crippen LogP contribution < -0.4 is 11.5 Å². The fourth-order valence-corrected chi connectivity index (χ4v) is 1.38. The Bertz CT molecular complexity index is 244. The van der Waals surface area contributed by atoms with Gasteiger partial charge in [-0.2, -0.15) is 0 Å². The van der Waals surface area contributed by atoms with Gasteiger partial charge in [-0.15, -0.1) is 0 Å². The van der Waals surface area contributed by atoms with E-state index in [4.69, 9.17) is 16.6 Å². The minimum atomic E-state index is -0.836. The minimum absolute atomic E-state index is 0.0414. The number of aliphatic hydroxyl groups excluding tert-OH is 1. The quantitative estimate of drug-likeness (QED) is 0.478. The Labute approximate surface area is 81.8 Å². The SMILES string of the molecule is NCC(O)CC(=O)N1CCC1C(N)=O. The Hall–Kier alpha value is -1.14. The summed E-state index contributed by atoms with van der Waals surface area (Å²) in [5, 5.41) is 9.13. The van der Waals surface area contributed by atoms with E-state index >= 15 is 0 Å². The fraction of sp³-hybridized carbons (Fsp3) is 0.750. The van der Waals surface area contributed by atoms with Crippen molar-refractivity contribution in [3.05, 3.63) is 0 Å². The van der Waals surface area contributed by atoms with Gasteiger partial charge in [-0.25, -0.2) is 0 Å². The third-order valence-electron chi connectivity index (χ3n) is 2.35. The number of hydrogen-bond acceptors (Lipinski definition) is 4. The zero-order chi connectivity index (χ0) is 10.7. The molecule has 6 heteroatoms. The number of likely N-dealkylation sites (tertiary alicyclic amines) is 1. The van der Waals surface area contributed by atoms with Crippen LogP contribution in [0.3, 0.4) is 0 Å². The van der Waals surface area contributed by atoms with Gasteiger partial charge in [0.25, 0.3) is 0 Å². The molecule has 0 aliphatic carbocycles. The van der Waals surface area contributed by atoms with Crippen molar-refractivity contribution in [1.29, 1.82) is 0 Å². The average Bonchev–Trinajstić information content (AvgIpc) is 2.00. The highest BCUT2D eigenvalue weighted by molar-refractivity contribution is 5.88. The van der Waals surface area contributed by atoms with Crippen LogP contribution in [0.5, 0.6) is 0 Å². The molecule has 1 aliphatic heterocycles. The van der Waals surface area contributed by atoms with Gasteiger partial charge in [-0.1, -0.05) is 0 Å². The molecule has 6 nitrogen and oxygen atoms in total. The maximum absolute atomic E-state index is 11.4. The van der Waals surface area contributed by atoms with Gasteiger partial charge in [0.2, 0.25) is 11.8 Å². The van der Waals surface area contributed by atoms with Crippen molar-refractivity contribution in [3.8, 4) is 0 Å². The second-order valence-corrected chi connectivity index (χ2v) is 3.39. The first-order chi connectivity index (χ1) is 6.56. The summed E-state index contributed by atoms with van der Waals surface area (Å²) < 4.78 is 0. The van der Waals surface area contributed by atoms with Crippen molar-refractivity contribution in [2.45, 2.75) is 25.0 Å². The zero-order valence-corrected chi connectivity index (χ0v) is 7.85. The lowest BCUT2D eigenvalue weighted by atomic mass is 10.0. The molecule has 0 bridgehead atoms. The second kappa shape index (κ2) is 4.39. The molecule has 5 N–H and O–H groups in total. The van der Waals surface area contributed by atoms with Crippen molar-refractivity contribution >= 4 is 11.8 Å². The number of rotatable bonds is 4. The summed E-state index contributed by atoms with van der Waals surface area (Å²) in [7, 11) is 0. The molecule has 2 amide bonds. The highest BCUT2D eigenvalue weighted by atomic mass is 16.3. The van der Waals surface area contributed by atoms with E-state index in [0.717, 1.165) is 0 Å². The van der Waals surface area contributed by atoms with Crippen LogP contribution in [0.25, 0.3) is 0 Å². The Morgan fingerprint density at radius 1 is 1.57 bits per heavy atom. The lowest BCUT2D eigenvalue weighted by Gasteiger charge is -2.39. The van der Waals surface area contributed by atoms with Crippen LogP contribution in [0.15, 0.2) is 0 Å². The largest absolute Gasteiger partial charge is 0.391 e. The normalized spacial score (nSPS) is 22.7. The van der Waals surface area contributed by atoms with E-state index in [2.05, 4.69) is 0 Å². The van der Waals surface area contributed by atoms with Crippen LogP contribution in [0.2, 0.25) is 0 Å². The molecule has 1 fully saturated rings. The van der Waals surface area contributed by atoms with E-state index in [1.165, 1.54) is 4.90 Å². The van der Waals surface area contributed by atoms with Gasteiger partial charge in [-0.05, 0) is 6.42 Å². The molecule has 1 rings (SSSR count). The molecule has 14 heavy (non-hydrogen) atoms. The Kier molecular flexibility index (Phi) is 3.43. The van der Waals surface area contributed by atoms with Crippen molar-refractivity contribution in [2.75, 3.05) is 13.1 Å². The van der Waals surface area contributed by atoms with Gasteiger partial charge in [0.15, 0.2) is 0 Å². The first kappa shape index (κ1) is 10.9. The fourth-order valence-electron chi connectivity index (χ4n) is 1.38. The number of hydrogen-bond donors (Lipinski definition) is 3. The number of nitrogens with two attached hydrogens (primary N) is 2. The molecule has 0 spiro atoms. The highest BCUT2D eigenvalue weighted by Crippen LogP contribution is 2.18. The Morgan fingerprint density at radius 2 is 2.21 bits per heavy atom. The van der Waals surface area contributed by atoms with Crippen molar-refractivity contribution < 1.29 is 14.7 Å². The van der Waals surface area contributed by atoms with Crippen LogP contribution in [0.4, 0.5) is 0 Å². The summed E-state index contributed by atoms with van der Waals surface area (Å²) in [5.74, 6) is -0.759. The number of nitrogens with zero attached hydrogens (tertiary/aromatic N) is 1. The topological polar surface area (TPSA) is 110 Å². The average molecular weight is 201 g/mol. The van der Waals surface area contributed by atoms with Gasteiger partial charge in [0.1, 0.15) is 6.04 Å². The second-order valence-electron chi connectivity index (χ2n) is 3.39. The molecular weight excluding hydrogens is 186 g/mol. The number of carbonyl (C=O) groups excluding carboxylic acids is 2. The van der Waals surface area contributed by atoms with Crippen LogP contribution in [-0.4, -0.2) is 47.1 Å². The summed E-state index contributed by atoms with van der Waals surface area (Å²) in [6, 6.07) is -0.493. The Morgan fingerprint density at radius 3 is 2.57 bits per heavy atom. The molecule has 0 saturated carbocycles. The molecule has 0 aromatic rings. The monoisotopic (exact) mass is 201 g/mol. The van der Waals surface area contributed by atoms with Gasteiger partial charge < -0.3 is 21.5 Å². The molecule has 0 aromatic carbocycles. The van der Waals surface area contributed by atoms with Gasteiger partial charge >= 0.3 is 0 Å². The molecule has 2 atom stereocenters. The van der Waals surface area contributed by atoms with Gasteiger partial charge in [0, 0.05) is 13.1 Å². The van der Waals surface area contributed by atoms with E-state index in [0.29, 0.717) is 13.0 Å². The standard InChI is InChI=1S/C8H15N3O3/c9-4-5(12)3-7(13)11-2-1-6(11)8(10)14/h5-6,12H,1-4,9H2,(H2,10,14). The third-order valence-corrected chi connectivity index (χ3v) is 2.35. The summed E-state index contributed by atoms with van der Waals surface area (Å²) in [5.41, 5.74) is 10.2. The Balaban J connectivity index is 2.42. The summed E-state index contributed by atoms with van der Waals surface area (Å²) in [6.45, 7) is 0.574. The van der Waals surface area contributed by atoms with Crippen molar-refractivity contribution in [3.63, 3.8) is 0 Å². The van der Waals surface area contributed by atoms with Crippen LogP contribution in [-0.2, 0) is 9.59 Å². The van der Waals surface area contributed by atoms with Crippen LogP contribution in [0, 0.1) is 0 Å². The molecule has 0 aromatic heterocycles.